The Hall–Kier alpha value is -3.12. The molecule has 2 aromatic rings. The summed E-state index contributed by atoms with van der Waals surface area (Å²) in [7, 11) is 3.85. The fourth-order valence-electron chi connectivity index (χ4n) is 4.37. The van der Waals surface area contributed by atoms with Gasteiger partial charge in [0.25, 0.3) is 11.7 Å². The van der Waals surface area contributed by atoms with E-state index in [-0.39, 0.29) is 16.7 Å². The molecule has 36 heavy (non-hydrogen) atoms. The van der Waals surface area contributed by atoms with Crippen LogP contribution in [0.5, 0.6) is 5.75 Å². The van der Waals surface area contributed by atoms with E-state index in [1.807, 2.05) is 62.3 Å². The second kappa shape index (κ2) is 11.3. The van der Waals surface area contributed by atoms with Gasteiger partial charge in [-0.15, -0.1) is 0 Å². The fraction of sp³-hybridized carbons (Fsp3) is 0.467. The molecule has 0 radical (unpaired) electrons. The molecule has 1 heterocycles. The lowest BCUT2D eigenvalue weighted by Crippen LogP contribution is -2.35. The van der Waals surface area contributed by atoms with Gasteiger partial charge < -0.3 is 19.6 Å². The number of nitrogens with zero attached hydrogens (tertiary/aromatic N) is 2. The van der Waals surface area contributed by atoms with Crippen LogP contribution in [0.2, 0.25) is 0 Å². The molecule has 0 saturated carbocycles. The predicted molar refractivity (Wildman–Crippen MR) is 144 cm³/mol. The third-order valence-corrected chi connectivity index (χ3v) is 6.62. The summed E-state index contributed by atoms with van der Waals surface area (Å²) in [5.74, 6) is -0.647. The van der Waals surface area contributed by atoms with E-state index >= 15 is 0 Å². The van der Waals surface area contributed by atoms with Crippen LogP contribution in [0, 0.1) is 6.92 Å². The van der Waals surface area contributed by atoms with Crippen LogP contribution < -0.4 is 4.74 Å². The van der Waals surface area contributed by atoms with E-state index in [1.165, 1.54) is 0 Å². The maximum Gasteiger partial charge on any atom is 0.295 e. The van der Waals surface area contributed by atoms with Gasteiger partial charge in [-0.1, -0.05) is 58.4 Å². The lowest BCUT2D eigenvalue weighted by atomic mass is 9.85. The number of carbonyl (C=O) groups excluding carboxylic acids is 2. The van der Waals surface area contributed by atoms with Crippen molar-refractivity contribution in [1.82, 2.24) is 9.80 Å². The molecule has 6 heteroatoms. The molecule has 1 saturated heterocycles. The zero-order chi connectivity index (χ0) is 26.6. The first-order valence-electron chi connectivity index (χ1n) is 12.7. The Morgan fingerprint density at radius 2 is 1.75 bits per heavy atom. The molecule has 1 fully saturated rings. The smallest absolute Gasteiger partial charge is 0.295 e. The standard InChI is InChI=1S/C30H40N2O4/c1-8-9-18-36-24-15-12-22(19-20(24)2)27(33)25-26(21-10-13-23(14-11-21)30(3,4)5)32(17-16-31(6)7)29(35)28(25)34/h10-15,19,26,33H,8-9,16-18H2,1-7H3/b27-25-. The third-order valence-electron chi connectivity index (χ3n) is 6.62. The maximum absolute atomic E-state index is 13.3. The third kappa shape index (κ3) is 5.98. The minimum Gasteiger partial charge on any atom is -0.507 e. The van der Waals surface area contributed by atoms with Gasteiger partial charge in [0.2, 0.25) is 0 Å². The van der Waals surface area contributed by atoms with Crippen LogP contribution in [-0.2, 0) is 15.0 Å². The van der Waals surface area contributed by atoms with Crippen molar-refractivity contribution >= 4 is 17.4 Å². The quantitative estimate of drug-likeness (QED) is 0.218. The van der Waals surface area contributed by atoms with Crippen molar-refractivity contribution in [3.05, 3.63) is 70.3 Å². The first-order chi connectivity index (χ1) is 17.0. The van der Waals surface area contributed by atoms with Crippen molar-refractivity contribution in [3.8, 4) is 5.75 Å². The molecule has 1 aliphatic rings. The summed E-state index contributed by atoms with van der Waals surface area (Å²) in [5, 5.41) is 11.4. The Morgan fingerprint density at radius 1 is 1.08 bits per heavy atom. The topological polar surface area (TPSA) is 70.1 Å². The van der Waals surface area contributed by atoms with Crippen LogP contribution in [-0.4, -0.2) is 60.4 Å². The number of aliphatic hydroxyl groups excluding tert-OH is 1. The monoisotopic (exact) mass is 492 g/mol. The number of ketones is 1. The van der Waals surface area contributed by atoms with Gasteiger partial charge >= 0.3 is 0 Å². The highest BCUT2D eigenvalue weighted by atomic mass is 16.5. The Morgan fingerprint density at radius 3 is 2.31 bits per heavy atom. The average molecular weight is 493 g/mol. The van der Waals surface area contributed by atoms with E-state index in [0.29, 0.717) is 25.3 Å². The maximum atomic E-state index is 13.3. The molecular weight excluding hydrogens is 452 g/mol. The Bertz CT molecular complexity index is 1130. The van der Waals surface area contributed by atoms with Crippen LogP contribution in [0.1, 0.15) is 68.8 Å². The van der Waals surface area contributed by atoms with Crippen molar-refractivity contribution < 1.29 is 19.4 Å². The number of likely N-dealkylation sites (tertiary alicyclic amines) is 1. The molecule has 1 amide bonds. The average Bonchev–Trinajstić information content (AvgIpc) is 3.07. The van der Waals surface area contributed by atoms with Crippen molar-refractivity contribution in [3.63, 3.8) is 0 Å². The highest BCUT2D eigenvalue weighted by Gasteiger charge is 2.46. The van der Waals surface area contributed by atoms with Crippen LogP contribution in [0.4, 0.5) is 0 Å². The van der Waals surface area contributed by atoms with Crippen LogP contribution in [0.3, 0.4) is 0 Å². The van der Waals surface area contributed by atoms with Gasteiger partial charge in [0.05, 0.1) is 18.2 Å². The lowest BCUT2D eigenvalue weighted by Gasteiger charge is -2.27. The van der Waals surface area contributed by atoms with Gasteiger partial charge in [0, 0.05) is 18.7 Å². The largest absolute Gasteiger partial charge is 0.507 e. The first kappa shape index (κ1) is 27.5. The van der Waals surface area contributed by atoms with Gasteiger partial charge in [-0.25, -0.2) is 0 Å². The number of Topliss-reactive ketones (excluding diaryl/α,β-unsaturated/α-hetero) is 1. The molecular formula is C30H40N2O4. The van der Waals surface area contributed by atoms with Crippen molar-refractivity contribution in [2.45, 2.75) is 58.9 Å². The number of aryl methyl sites for hydroxylation is 1. The van der Waals surface area contributed by atoms with Gasteiger partial charge in [0.15, 0.2) is 0 Å². The number of amides is 1. The normalized spacial score (nSPS) is 17.8. The zero-order valence-corrected chi connectivity index (χ0v) is 22.7. The molecule has 1 atom stereocenters. The summed E-state index contributed by atoms with van der Waals surface area (Å²) in [6, 6.07) is 12.7. The fourth-order valence-corrected chi connectivity index (χ4v) is 4.37. The van der Waals surface area contributed by atoms with Crippen molar-refractivity contribution in [1.29, 1.82) is 0 Å². The van der Waals surface area contributed by atoms with E-state index < -0.39 is 17.7 Å². The summed E-state index contributed by atoms with van der Waals surface area (Å²) < 4.78 is 5.84. The van der Waals surface area contributed by atoms with Gasteiger partial charge in [-0.2, -0.15) is 0 Å². The van der Waals surface area contributed by atoms with E-state index in [9.17, 15) is 14.7 Å². The summed E-state index contributed by atoms with van der Waals surface area (Å²) in [6.07, 6.45) is 2.01. The number of benzene rings is 2. The number of unbranched alkanes of at least 4 members (excludes halogenated alkanes) is 1. The van der Waals surface area contributed by atoms with Crippen molar-refractivity contribution in [2.24, 2.45) is 0 Å². The minimum atomic E-state index is -0.655. The van der Waals surface area contributed by atoms with Crippen molar-refractivity contribution in [2.75, 3.05) is 33.8 Å². The summed E-state index contributed by atoms with van der Waals surface area (Å²) in [6.45, 7) is 12.1. The van der Waals surface area contributed by atoms with Gasteiger partial charge in [-0.3, -0.25) is 9.59 Å². The molecule has 1 unspecified atom stereocenters. The highest BCUT2D eigenvalue weighted by Crippen LogP contribution is 2.40. The van der Waals surface area contributed by atoms with Crippen LogP contribution >= 0.6 is 0 Å². The number of likely N-dealkylation sites (N-methyl/N-ethyl adjacent to an activating group) is 1. The molecule has 1 N–H and O–H groups in total. The molecule has 0 bridgehead atoms. The molecule has 2 aromatic carbocycles. The second-order valence-corrected chi connectivity index (χ2v) is 10.9. The van der Waals surface area contributed by atoms with Crippen LogP contribution in [0.15, 0.2) is 48.0 Å². The van der Waals surface area contributed by atoms with E-state index in [1.54, 1.807) is 11.0 Å². The van der Waals surface area contributed by atoms with Gasteiger partial charge in [0.1, 0.15) is 11.5 Å². The molecule has 0 aromatic heterocycles. The minimum absolute atomic E-state index is 0.0241. The molecule has 194 valence electrons. The SMILES string of the molecule is CCCCOc1ccc(/C(O)=C2/C(=O)C(=O)N(CCN(C)C)C2c2ccc(C(C)(C)C)cc2)cc1C. The number of aliphatic hydroxyl groups is 1. The van der Waals surface area contributed by atoms with E-state index in [4.69, 9.17) is 4.74 Å². The summed E-state index contributed by atoms with van der Waals surface area (Å²) in [4.78, 5) is 29.9. The Kier molecular flexibility index (Phi) is 8.62. The second-order valence-electron chi connectivity index (χ2n) is 10.9. The highest BCUT2D eigenvalue weighted by molar-refractivity contribution is 6.46. The molecule has 6 nitrogen and oxygen atoms in total. The molecule has 0 aliphatic carbocycles. The molecule has 1 aliphatic heterocycles. The summed E-state index contributed by atoms with van der Waals surface area (Å²) in [5.41, 5.74) is 3.43. The number of rotatable bonds is 9. The first-order valence-corrected chi connectivity index (χ1v) is 12.7. The lowest BCUT2D eigenvalue weighted by molar-refractivity contribution is -0.140. The van der Waals surface area contributed by atoms with E-state index in [0.717, 1.165) is 35.3 Å². The number of hydrogen-bond acceptors (Lipinski definition) is 5. The zero-order valence-electron chi connectivity index (χ0n) is 22.7. The summed E-state index contributed by atoms with van der Waals surface area (Å²) >= 11 is 0. The Balaban J connectivity index is 2.07. The molecule has 3 rings (SSSR count). The molecule has 0 spiro atoms. The number of carbonyl (C=O) groups is 2. The number of ether oxygens (including phenoxy) is 1. The van der Waals surface area contributed by atoms with Gasteiger partial charge in [-0.05, 0) is 67.7 Å². The number of hydrogen-bond donors (Lipinski definition) is 1. The predicted octanol–water partition coefficient (Wildman–Crippen LogP) is 5.45. The van der Waals surface area contributed by atoms with Crippen LogP contribution in [0.25, 0.3) is 5.76 Å². The Labute approximate surface area is 215 Å². The van der Waals surface area contributed by atoms with E-state index in [2.05, 4.69) is 27.7 Å².